The minimum atomic E-state index is 0.250. The third-order valence-electron chi connectivity index (χ3n) is 0.953. The second kappa shape index (κ2) is 7.58. The van der Waals surface area contributed by atoms with Crippen LogP contribution in [0.4, 0.5) is 5.69 Å². The zero-order chi connectivity index (χ0) is 9.40. The zero-order valence-electron chi connectivity index (χ0n) is 6.72. The Morgan fingerprint density at radius 2 is 1.75 bits per heavy atom. The average molecular weight is 297 g/mol. The number of benzene rings is 1. The number of aliphatic hydroxyl groups is 1. The Balaban J connectivity index is 0.000000354. The maximum Gasteiger partial charge on any atom is 0.0465 e. The molecule has 1 aromatic carbocycles. The minimum Gasteiger partial charge on any atom is -0.397 e. The summed E-state index contributed by atoms with van der Waals surface area (Å²) in [5.74, 6) is 0. The van der Waals surface area contributed by atoms with Crippen molar-refractivity contribution < 1.29 is 5.11 Å². The Labute approximate surface area is 89.5 Å². The van der Waals surface area contributed by atoms with Gasteiger partial charge in [0.2, 0.25) is 0 Å². The van der Waals surface area contributed by atoms with Gasteiger partial charge in [-0.15, -0.1) is 0 Å². The second-order valence-electron chi connectivity index (χ2n) is 1.92. The first-order chi connectivity index (χ1) is 5.74. The largest absolute Gasteiger partial charge is 0.397 e. The molecule has 2 nitrogen and oxygen atoms in total. The van der Waals surface area contributed by atoms with Crippen LogP contribution in [-0.2, 0) is 0 Å². The van der Waals surface area contributed by atoms with Gasteiger partial charge in [0.1, 0.15) is 0 Å². The number of rotatable bonds is 1. The minimum absolute atomic E-state index is 0.250. The van der Waals surface area contributed by atoms with E-state index in [0.29, 0.717) is 0 Å². The molecule has 0 aliphatic carbocycles. The summed E-state index contributed by atoms with van der Waals surface area (Å²) in [5, 5.41) is 7.57. The first-order valence-corrected chi connectivity index (χ1v) is 5.06. The molecule has 0 amide bonds. The lowest BCUT2D eigenvalue weighted by molar-refractivity contribution is 0.318. The Kier molecular flexibility index (Phi) is 7.54. The van der Waals surface area contributed by atoms with E-state index in [9.17, 15) is 0 Å². The van der Waals surface area contributed by atoms with Crippen LogP contribution in [0.15, 0.2) is 28.7 Å². The topological polar surface area (TPSA) is 32.3 Å². The molecule has 12 heavy (non-hydrogen) atoms. The Morgan fingerprint density at radius 3 is 2.08 bits per heavy atom. The molecular formula is C8H11Br2NO. The van der Waals surface area contributed by atoms with E-state index in [-0.39, 0.29) is 6.61 Å². The number of nitrogens with one attached hydrogen (secondary N) is 1. The van der Waals surface area contributed by atoms with Gasteiger partial charge >= 0.3 is 0 Å². The molecule has 0 saturated heterocycles. The smallest absolute Gasteiger partial charge is 0.0465 e. The van der Waals surface area contributed by atoms with Crippen LogP contribution in [0.3, 0.4) is 0 Å². The van der Waals surface area contributed by atoms with E-state index in [2.05, 4.69) is 36.4 Å². The highest BCUT2D eigenvalue weighted by Gasteiger charge is 1.85. The molecular weight excluding hydrogens is 286 g/mol. The van der Waals surface area contributed by atoms with E-state index in [0.717, 1.165) is 10.2 Å². The van der Waals surface area contributed by atoms with Crippen molar-refractivity contribution in [1.29, 1.82) is 0 Å². The van der Waals surface area contributed by atoms with Gasteiger partial charge in [-0.25, -0.2) is 0 Å². The highest BCUT2D eigenvalue weighted by Crippen LogP contribution is 2.14. The molecule has 1 aromatic rings. The third-order valence-corrected chi connectivity index (χ3v) is 1.94. The van der Waals surface area contributed by atoms with Gasteiger partial charge < -0.3 is 9.45 Å². The summed E-state index contributed by atoms with van der Waals surface area (Å²) in [6.07, 6.45) is 0. The van der Waals surface area contributed by atoms with Crippen molar-refractivity contribution in [2.45, 2.75) is 6.92 Å². The average Bonchev–Trinajstić information content (AvgIpc) is 2.07. The first-order valence-electron chi connectivity index (χ1n) is 3.47. The lowest BCUT2D eigenvalue weighted by atomic mass is 10.3. The van der Waals surface area contributed by atoms with E-state index in [1.807, 2.05) is 24.3 Å². The molecule has 2 N–H and O–H groups in total. The van der Waals surface area contributed by atoms with Crippen LogP contribution in [0.1, 0.15) is 6.92 Å². The lowest BCUT2D eigenvalue weighted by Crippen LogP contribution is -1.75. The van der Waals surface area contributed by atoms with Crippen LogP contribution in [0.2, 0.25) is 0 Å². The summed E-state index contributed by atoms with van der Waals surface area (Å²) >= 11 is 6.45. The predicted octanol–water partition coefficient (Wildman–Crippen LogP) is 3.17. The fourth-order valence-corrected chi connectivity index (χ4v) is 1.04. The number of aliphatic hydroxyl groups excluding tert-OH is 1. The van der Waals surface area contributed by atoms with Crippen LogP contribution in [0, 0.1) is 0 Å². The molecule has 0 heterocycles. The van der Waals surface area contributed by atoms with Crippen LogP contribution < -0.4 is 4.34 Å². The predicted molar refractivity (Wildman–Crippen MR) is 59.5 cm³/mol. The van der Waals surface area contributed by atoms with Crippen LogP contribution in [-0.4, -0.2) is 11.7 Å². The monoisotopic (exact) mass is 295 g/mol. The summed E-state index contributed by atoms with van der Waals surface area (Å²) < 4.78 is 3.94. The van der Waals surface area contributed by atoms with Gasteiger partial charge in [-0.1, -0.05) is 15.9 Å². The maximum atomic E-state index is 7.57. The molecule has 0 radical (unpaired) electrons. The SMILES string of the molecule is BrNc1ccc(Br)cc1.CCO. The lowest BCUT2D eigenvalue weighted by Gasteiger charge is -1.94. The highest BCUT2D eigenvalue weighted by molar-refractivity contribution is 9.10. The maximum absolute atomic E-state index is 7.57. The first kappa shape index (κ1) is 11.9. The zero-order valence-corrected chi connectivity index (χ0v) is 9.89. The highest BCUT2D eigenvalue weighted by atomic mass is 79.9. The fourth-order valence-electron chi connectivity index (χ4n) is 0.513. The molecule has 0 aliphatic rings. The van der Waals surface area contributed by atoms with Crippen molar-refractivity contribution in [2.24, 2.45) is 0 Å². The van der Waals surface area contributed by atoms with Gasteiger partial charge in [-0.05, 0) is 31.2 Å². The summed E-state index contributed by atoms with van der Waals surface area (Å²) in [7, 11) is 0. The quantitative estimate of drug-likeness (QED) is 0.780. The summed E-state index contributed by atoms with van der Waals surface area (Å²) in [6, 6.07) is 7.89. The van der Waals surface area contributed by atoms with Crippen LogP contribution >= 0.6 is 32.1 Å². The standard InChI is InChI=1S/C6H5Br2N.C2H6O/c7-5-1-3-6(9-8)4-2-5;1-2-3/h1-4,9H;3H,2H2,1H3. The molecule has 0 fully saturated rings. The second-order valence-corrected chi connectivity index (χ2v) is 3.23. The van der Waals surface area contributed by atoms with Gasteiger partial charge in [0.15, 0.2) is 0 Å². The Bertz CT molecular complexity index is 201. The van der Waals surface area contributed by atoms with Gasteiger partial charge in [0.05, 0.1) is 0 Å². The van der Waals surface area contributed by atoms with E-state index in [4.69, 9.17) is 5.11 Å². The van der Waals surface area contributed by atoms with Gasteiger partial charge in [0, 0.05) is 32.9 Å². The van der Waals surface area contributed by atoms with Crippen LogP contribution in [0.25, 0.3) is 0 Å². The number of anilines is 1. The van der Waals surface area contributed by atoms with Crippen molar-refractivity contribution in [3.05, 3.63) is 28.7 Å². The summed E-state index contributed by atoms with van der Waals surface area (Å²) in [6.45, 7) is 1.93. The van der Waals surface area contributed by atoms with E-state index < -0.39 is 0 Å². The molecule has 68 valence electrons. The van der Waals surface area contributed by atoms with Crippen molar-refractivity contribution in [3.63, 3.8) is 0 Å². The third kappa shape index (κ3) is 5.57. The van der Waals surface area contributed by atoms with Gasteiger partial charge in [-0.3, -0.25) is 0 Å². The summed E-state index contributed by atoms with van der Waals surface area (Å²) in [5.41, 5.74) is 1.05. The number of hydrogen-bond acceptors (Lipinski definition) is 2. The molecule has 0 aliphatic heterocycles. The van der Waals surface area contributed by atoms with E-state index in [1.165, 1.54) is 0 Å². The van der Waals surface area contributed by atoms with Crippen molar-refractivity contribution in [2.75, 3.05) is 10.9 Å². The molecule has 0 spiro atoms. The Hall–Kier alpha value is -0.0600. The van der Waals surface area contributed by atoms with Gasteiger partial charge in [-0.2, -0.15) is 0 Å². The van der Waals surface area contributed by atoms with E-state index >= 15 is 0 Å². The van der Waals surface area contributed by atoms with E-state index in [1.54, 1.807) is 6.92 Å². The number of hydrogen-bond donors (Lipinski definition) is 2. The molecule has 0 unspecified atom stereocenters. The summed E-state index contributed by atoms with van der Waals surface area (Å²) in [4.78, 5) is 0. The number of halogens is 2. The molecule has 1 rings (SSSR count). The molecule has 0 aromatic heterocycles. The molecule has 0 atom stereocenters. The fraction of sp³-hybridized carbons (Fsp3) is 0.250. The Morgan fingerprint density at radius 1 is 1.33 bits per heavy atom. The van der Waals surface area contributed by atoms with Crippen molar-refractivity contribution >= 4 is 37.8 Å². The molecule has 0 bridgehead atoms. The van der Waals surface area contributed by atoms with Gasteiger partial charge in [0.25, 0.3) is 0 Å². The molecule has 0 saturated carbocycles. The van der Waals surface area contributed by atoms with Crippen molar-refractivity contribution in [1.82, 2.24) is 0 Å². The van der Waals surface area contributed by atoms with Crippen LogP contribution in [0.5, 0.6) is 0 Å². The normalized spacial score (nSPS) is 8.33. The molecule has 4 heteroatoms. The van der Waals surface area contributed by atoms with Crippen molar-refractivity contribution in [3.8, 4) is 0 Å².